The lowest BCUT2D eigenvalue weighted by Crippen LogP contribution is -2.02. The van der Waals surface area contributed by atoms with E-state index in [4.69, 9.17) is 0 Å². The zero-order valence-electron chi connectivity index (χ0n) is 11.0. The minimum Gasteiger partial charge on any atom is -0.506 e. The van der Waals surface area contributed by atoms with Crippen LogP contribution in [0.4, 0.5) is 0 Å². The minimum absolute atomic E-state index is 0.00525. The van der Waals surface area contributed by atoms with Gasteiger partial charge >= 0.3 is 0 Å². The van der Waals surface area contributed by atoms with Crippen LogP contribution in [0.5, 0.6) is 5.75 Å². The van der Waals surface area contributed by atoms with Crippen molar-refractivity contribution >= 4 is 43.1 Å². The van der Waals surface area contributed by atoms with Gasteiger partial charge in [-0.2, -0.15) is 11.3 Å². The summed E-state index contributed by atoms with van der Waals surface area (Å²) in [5, 5.41) is 15.0. The molecule has 4 aromatic rings. The number of rotatable bonds is 1. The molecule has 0 unspecified atom stereocenters. The molecule has 104 valence electrons. The van der Waals surface area contributed by atoms with Gasteiger partial charge in [0.1, 0.15) is 10.6 Å². The quantitative estimate of drug-likeness (QED) is 0.560. The summed E-state index contributed by atoms with van der Waals surface area (Å²) in [5.74, 6) is 0.00525. The standard InChI is InChI=1S/C15H10N2O2S2/c1-7-4-9(8-2-3-20-6-8)12-13-14(21-15(12)16-7)10(18)5-11(19)17-13/h2-6H,1H3,(H2,17,18,19). The van der Waals surface area contributed by atoms with Crippen LogP contribution < -0.4 is 5.56 Å². The second-order valence-corrected chi connectivity index (χ2v) is 6.61. The molecule has 0 amide bonds. The zero-order valence-corrected chi connectivity index (χ0v) is 12.6. The maximum atomic E-state index is 11.7. The molecule has 0 aromatic carbocycles. The van der Waals surface area contributed by atoms with Crippen LogP contribution in [0.2, 0.25) is 0 Å². The van der Waals surface area contributed by atoms with Gasteiger partial charge in [-0.1, -0.05) is 0 Å². The van der Waals surface area contributed by atoms with Crippen molar-refractivity contribution in [3.8, 4) is 16.9 Å². The van der Waals surface area contributed by atoms with Crippen LogP contribution in [0.1, 0.15) is 5.69 Å². The first kappa shape index (κ1) is 12.6. The first-order valence-corrected chi connectivity index (χ1v) is 8.08. The number of pyridine rings is 2. The number of aromatic nitrogens is 2. The second-order valence-electron chi connectivity index (χ2n) is 4.83. The van der Waals surface area contributed by atoms with Crippen LogP contribution in [0, 0.1) is 6.92 Å². The minimum atomic E-state index is -0.309. The third-order valence-corrected chi connectivity index (χ3v) is 5.16. The van der Waals surface area contributed by atoms with E-state index in [9.17, 15) is 9.90 Å². The highest BCUT2D eigenvalue weighted by atomic mass is 32.1. The Morgan fingerprint density at radius 1 is 1.33 bits per heavy atom. The van der Waals surface area contributed by atoms with Gasteiger partial charge in [-0.3, -0.25) is 4.79 Å². The lowest BCUT2D eigenvalue weighted by atomic mass is 10.1. The van der Waals surface area contributed by atoms with E-state index < -0.39 is 0 Å². The summed E-state index contributed by atoms with van der Waals surface area (Å²) in [6, 6.07) is 5.26. The molecule has 4 heterocycles. The molecule has 21 heavy (non-hydrogen) atoms. The smallest absolute Gasteiger partial charge is 0.252 e. The van der Waals surface area contributed by atoms with Crippen LogP contribution in [-0.2, 0) is 0 Å². The Morgan fingerprint density at radius 2 is 2.19 bits per heavy atom. The molecular formula is C15H10N2O2S2. The van der Waals surface area contributed by atoms with Crippen molar-refractivity contribution < 1.29 is 5.11 Å². The van der Waals surface area contributed by atoms with Gasteiger partial charge in [0.25, 0.3) is 5.56 Å². The maximum absolute atomic E-state index is 11.7. The van der Waals surface area contributed by atoms with Gasteiger partial charge in [-0.05, 0) is 40.9 Å². The summed E-state index contributed by atoms with van der Waals surface area (Å²) in [6.07, 6.45) is 0. The summed E-state index contributed by atoms with van der Waals surface area (Å²) >= 11 is 3.02. The van der Waals surface area contributed by atoms with E-state index in [-0.39, 0.29) is 11.3 Å². The van der Waals surface area contributed by atoms with Gasteiger partial charge in [0, 0.05) is 17.1 Å². The van der Waals surface area contributed by atoms with Gasteiger partial charge in [-0.15, -0.1) is 11.3 Å². The fourth-order valence-electron chi connectivity index (χ4n) is 2.52. The Morgan fingerprint density at radius 3 is 2.95 bits per heavy atom. The highest BCUT2D eigenvalue weighted by Gasteiger charge is 2.16. The van der Waals surface area contributed by atoms with Crippen molar-refractivity contribution in [1.82, 2.24) is 9.97 Å². The number of H-pyrrole nitrogens is 1. The van der Waals surface area contributed by atoms with Gasteiger partial charge in [0.05, 0.1) is 10.2 Å². The number of aromatic hydroxyl groups is 1. The van der Waals surface area contributed by atoms with Gasteiger partial charge in [0.2, 0.25) is 0 Å². The van der Waals surface area contributed by atoms with Crippen LogP contribution in [0.3, 0.4) is 0 Å². The summed E-state index contributed by atoms with van der Waals surface area (Å²) in [7, 11) is 0. The molecule has 0 saturated heterocycles. The van der Waals surface area contributed by atoms with Crippen molar-refractivity contribution in [3.63, 3.8) is 0 Å². The molecular weight excluding hydrogens is 304 g/mol. The first-order valence-electron chi connectivity index (χ1n) is 6.32. The van der Waals surface area contributed by atoms with Crippen LogP contribution in [0.15, 0.2) is 33.8 Å². The number of nitrogens with zero attached hydrogens (tertiary/aromatic N) is 1. The fourth-order valence-corrected chi connectivity index (χ4v) is 4.29. The van der Waals surface area contributed by atoms with Gasteiger partial charge < -0.3 is 10.1 Å². The molecule has 2 N–H and O–H groups in total. The average molecular weight is 314 g/mol. The van der Waals surface area contributed by atoms with Crippen molar-refractivity contribution in [3.05, 3.63) is 45.0 Å². The SMILES string of the molecule is Cc1cc(-c2ccsc2)c2c(n1)sc1c(O)cc(=O)[nH]c12. The van der Waals surface area contributed by atoms with Crippen molar-refractivity contribution in [2.75, 3.05) is 0 Å². The number of nitrogens with one attached hydrogen (secondary N) is 1. The average Bonchev–Trinajstić information content (AvgIpc) is 3.05. The summed E-state index contributed by atoms with van der Waals surface area (Å²) in [4.78, 5) is 19.9. The molecule has 0 aliphatic carbocycles. The van der Waals surface area contributed by atoms with E-state index in [1.807, 2.05) is 24.4 Å². The largest absolute Gasteiger partial charge is 0.506 e. The Bertz CT molecular complexity index is 1030. The fraction of sp³-hybridized carbons (Fsp3) is 0.0667. The normalized spacial score (nSPS) is 11.5. The van der Waals surface area contributed by atoms with Gasteiger partial charge in [0.15, 0.2) is 0 Å². The number of thiophene rings is 2. The Balaban J connectivity index is 2.26. The summed E-state index contributed by atoms with van der Waals surface area (Å²) in [5.41, 5.74) is 3.40. The number of fused-ring (bicyclic) bond motifs is 3. The highest BCUT2D eigenvalue weighted by Crippen LogP contribution is 2.41. The number of hydrogen-bond acceptors (Lipinski definition) is 5. The molecule has 0 aliphatic rings. The highest BCUT2D eigenvalue weighted by molar-refractivity contribution is 7.25. The second kappa shape index (κ2) is 4.41. The lowest BCUT2D eigenvalue weighted by molar-refractivity contribution is 0.481. The number of hydrogen-bond donors (Lipinski definition) is 2. The topological polar surface area (TPSA) is 66.0 Å². The monoisotopic (exact) mass is 314 g/mol. The van der Waals surface area contributed by atoms with Gasteiger partial charge in [-0.25, -0.2) is 4.98 Å². The Kier molecular flexibility index (Phi) is 2.63. The van der Waals surface area contributed by atoms with Crippen LogP contribution >= 0.6 is 22.7 Å². The van der Waals surface area contributed by atoms with Crippen molar-refractivity contribution in [2.45, 2.75) is 6.92 Å². The number of aryl methyl sites for hydroxylation is 1. The lowest BCUT2D eigenvalue weighted by Gasteiger charge is -2.03. The Hall–Kier alpha value is -2.18. The van der Waals surface area contributed by atoms with E-state index in [0.717, 1.165) is 27.0 Å². The third-order valence-electron chi connectivity index (χ3n) is 3.37. The maximum Gasteiger partial charge on any atom is 0.252 e. The Labute approximate surface area is 127 Å². The van der Waals surface area contributed by atoms with E-state index >= 15 is 0 Å². The van der Waals surface area contributed by atoms with E-state index in [0.29, 0.717) is 10.2 Å². The van der Waals surface area contributed by atoms with Crippen molar-refractivity contribution in [2.24, 2.45) is 0 Å². The molecule has 4 aromatic heterocycles. The summed E-state index contributed by atoms with van der Waals surface area (Å²) in [6.45, 7) is 1.95. The first-order chi connectivity index (χ1) is 10.1. The molecule has 0 atom stereocenters. The van der Waals surface area contributed by atoms with Crippen LogP contribution in [0.25, 0.3) is 31.6 Å². The predicted octanol–water partition coefficient (Wildman–Crippen LogP) is 3.88. The predicted molar refractivity (Wildman–Crippen MR) is 87.5 cm³/mol. The third kappa shape index (κ3) is 1.87. The molecule has 0 fully saturated rings. The van der Waals surface area contributed by atoms with E-state index in [1.165, 1.54) is 17.4 Å². The molecule has 0 spiro atoms. The molecule has 6 heteroatoms. The molecule has 0 aliphatic heterocycles. The molecule has 0 radical (unpaired) electrons. The van der Waals surface area contributed by atoms with Crippen LogP contribution in [-0.4, -0.2) is 15.1 Å². The van der Waals surface area contributed by atoms with Crippen molar-refractivity contribution in [1.29, 1.82) is 0 Å². The molecule has 0 saturated carbocycles. The summed E-state index contributed by atoms with van der Waals surface area (Å²) < 4.78 is 0.666. The molecule has 4 nitrogen and oxygen atoms in total. The zero-order chi connectivity index (χ0) is 14.6. The molecule has 4 rings (SSSR count). The van der Waals surface area contributed by atoms with E-state index in [2.05, 4.69) is 15.3 Å². The number of aromatic amines is 1. The molecule has 0 bridgehead atoms. The van der Waals surface area contributed by atoms with E-state index in [1.54, 1.807) is 11.3 Å².